The van der Waals surface area contributed by atoms with Crippen molar-refractivity contribution in [2.45, 2.75) is 0 Å². The third-order valence-electron chi connectivity index (χ3n) is 8.71. The Balaban J connectivity index is 1.24. The molecule has 47 heavy (non-hydrogen) atoms. The van der Waals surface area contributed by atoms with Crippen LogP contribution in [0.2, 0.25) is 0 Å². The maximum absolute atomic E-state index is 6.23. The molecule has 9 aromatic rings. The van der Waals surface area contributed by atoms with Gasteiger partial charge < -0.3 is 4.42 Å². The van der Waals surface area contributed by atoms with Gasteiger partial charge in [0.1, 0.15) is 11.2 Å². The molecule has 2 heterocycles. The zero-order chi connectivity index (χ0) is 31.2. The highest BCUT2D eigenvalue weighted by Gasteiger charge is 2.18. The van der Waals surface area contributed by atoms with Crippen LogP contribution in [0.1, 0.15) is 0 Å². The van der Waals surface area contributed by atoms with Gasteiger partial charge in [-0.1, -0.05) is 133 Å². The Morgan fingerprint density at radius 3 is 1.68 bits per heavy atom. The van der Waals surface area contributed by atoms with Crippen molar-refractivity contribution in [1.29, 1.82) is 0 Å². The number of furan rings is 1. The first-order valence-electron chi connectivity index (χ1n) is 15.7. The van der Waals surface area contributed by atoms with Crippen molar-refractivity contribution < 1.29 is 4.42 Å². The van der Waals surface area contributed by atoms with Crippen LogP contribution in [0.3, 0.4) is 0 Å². The molecule has 2 aromatic heterocycles. The van der Waals surface area contributed by atoms with Crippen LogP contribution < -0.4 is 0 Å². The fourth-order valence-corrected chi connectivity index (χ4v) is 6.39. The summed E-state index contributed by atoms with van der Waals surface area (Å²) in [6.07, 6.45) is 0. The van der Waals surface area contributed by atoms with Crippen LogP contribution in [0.15, 0.2) is 168 Å². The topological polar surface area (TPSA) is 51.8 Å². The van der Waals surface area contributed by atoms with E-state index in [9.17, 15) is 0 Å². The lowest BCUT2D eigenvalue weighted by Gasteiger charge is -2.11. The zero-order valence-corrected chi connectivity index (χ0v) is 25.3. The van der Waals surface area contributed by atoms with Gasteiger partial charge in [0.25, 0.3) is 0 Å². The monoisotopic (exact) mass is 601 g/mol. The molecule has 0 fully saturated rings. The highest BCUT2D eigenvalue weighted by molar-refractivity contribution is 6.11. The zero-order valence-electron chi connectivity index (χ0n) is 25.3. The van der Waals surface area contributed by atoms with Gasteiger partial charge in [-0.05, 0) is 63.4 Å². The highest BCUT2D eigenvalue weighted by atomic mass is 16.3. The van der Waals surface area contributed by atoms with Gasteiger partial charge in [0, 0.05) is 27.5 Å². The van der Waals surface area contributed by atoms with Gasteiger partial charge in [0.05, 0.1) is 0 Å². The molecule has 4 nitrogen and oxygen atoms in total. The van der Waals surface area contributed by atoms with Gasteiger partial charge in [-0.25, -0.2) is 15.0 Å². The standard InChI is InChI=1S/C43H27N3O/c1-2-11-28(12-3-1)31-15-8-17-34(26-31)41-44-42(35-18-9-16-32(27-35)33-24-23-29-13-4-5-14-30(29)25-33)46-43(45-41)37-20-10-22-39-40(37)36-19-6-7-21-38(36)47-39/h1-27H. The van der Waals surface area contributed by atoms with E-state index in [-0.39, 0.29) is 0 Å². The normalized spacial score (nSPS) is 11.4. The van der Waals surface area contributed by atoms with E-state index in [1.807, 2.05) is 36.4 Å². The van der Waals surface area contributed by atoms with Crippen molar-refractivity contribution in [2.75, 3.05) is 0 Å². The molecular weight excluding hydrogens is 574 g/mol. The second-order valence-corrected chi connectivity index (χ2v) is 11.7. The van der Waals surface area contributed by atoms with Gasteiger partial charge in [-0.2, -0.15) is 0 Å². The summed E-state index contributed by atoms with van der Waals surface area (Å²) >= 11 is 0. The van der Waals surface area contributed by atoms with E-state index in [1.54, 1.807) is 0 Å². The third-order valence-corrected chi connectivity index (χ3v) is 8.71. The van der Waals surface area contributed by atoms with Gasteiger partial charge in [0.2, 0.25) is 0 Å². The van der Waals surface area contributed by atoms with Gasteiger partial charge in [-0.15, -0.1) is 0 Å². The second kappa shape index (κ2) is 11.2. The molecular formula is C43H27N3O. The molecule has 0 saturated carbocycles. The largest absolute Gasteiger partial charge is 0.456 e. The number of fused-ring (bicyclic) bond motifs is 4. The summed E-state index contributed by atoms with van der Waals surface area (Å²) in [6.45, 7) is 0. The first-order valence-corrected chi connectivity index (χ1v) is 15.7. The van der Waals surface area contributed by atoms with Crippen LogP contribution in [-0.2, 0) is 0 Å². The van der Waals surface area contributed by atoms with Crippen molar-refractivity contribution in [2.24, 2.45) is 0 Å². The Morgan fingerprint density at radius 2 is 0.894 bits per heavy atom. The smallest absolute Gasteiger partial charge is 0.164 e. The Kier molecular flexibility index (Phi) is 6.43. The van der Waals surface area contributed by atoms with E-state index in [0.717, 1.165) is 60.9 Å². The quantitative estimate of drug-likeness (QED) is 0.197. The number of hydrogen-bond acceptors (Lipinski definition) is 4. The molecule has 0 aliphatic heterocycles. The van der Waals surface area contributed by atoms with E-state index in [1.165, 1.54) is 10.8 Å². The Labute approximate surface area is 271 Å². The van der Waals surface area contributed by atoms with Crippen molar-refractivity contribution >= 4 is 32.7 Å². The lowest BCUT2D eigenvalue weighted by atomic mass is 9.99. The van der Waals surface area contributed by atoms with E-state index in [4.69, 9.17) is 19.4 Å². The number of aromatic nitrogens is 3. The molecule has 9 rings (SSSR count). The molecule has 0 amide bonds. The molecule has 0 saturated heterocycles. The molecule has 0 aliphatic carbocycles. The van der Waals surface area contributed by atoms with Crippen LogP contribution in [-0.4, -0.2) is 15.0 Å². The SMILES string of the molecule is c1ccc(-c2cccc(-c3nc(-c4cccc(-c5ccc6ccccc6c5)c4)nc(-c4cccc5oc6ccccc6c45)n3)c2)cc1. The molecule has 0 radical (unpaired) electrons. The summed E-state index contributed by atoms with van der Waals surface area (Å²) in [5.41, 5.74) is 8.88. The fraction of sp³-hybridized carbons (Fsp3) is 0. The lowest BCUT2D eigenvalue weighted by molar-refractivity contribution is 0.669. The summed E-state index contributed by atoms with van der Waals surface area (Å²) in [5, 5.41) is 4.46. The summed E-state index contributed by atoms with van der Waals surface area (Å²) in [4.78, 5) is 15.4. The lowest BCUT2D eigenvalue weighted by Crippen LogP contribution is -2.00. The Bertz CT molecular complexity index is 2590. The number of benzene rings is 7. The number of rotatable bonds is 5. The molecule has 4 heteroatoms. The van der Waals surface area contributed by atoms with Gasteiger partial charge in [0.15, 0.2) is 17.5 Å². The predicted molar refractivity (Wildman–Crippen MR) is 192 cm³/mol. The molecule has 0 spiro atoms. The summed E-state index contributed by atoms with van der Waals surface area (Å²) in [6, 6.07) is 56.4. The van der Waals surface area contributed by atoms with Crippen LogP contribution in [0.5, 0.6) is 0 Å². The average Bonchev–Trinajstić information content (AvgIpc) is 3.54. The highest BCUT2D eigenvalue weighted by Crippen LogP contribution is 2.37. The first kappa shape index (κ1) is 27.0. The van der Waals surface area contributed by atoms with E-state index in [0.29, 0.717) is 17.5 Å². The number of nitrogens with zero attached hydrogens (tertiary/aromatic N) is 3. The summed E-state index contributed by atoms with van der Waals surface area (Å²) in [7, 11) is 0. The first-order chi connectivity index (χ1) is 23.3. The van der Waals surface area contributed by atoms with Crippen LogP contribution in [0.4, 0.5) is 0 Å². The Morgan fingerprint density at radius 1 is 0.340 bits per heavy atom. The molecule has 220 valence electrons. The van der Waals surface area contributed by atoms with Crippen molar-refractivity contribution in [1.82, 2.24) is 15.0 Å². The van der Waals surface area contributed by atoms with E-state index < -0.39 is 0 Å². The second-order valence-electron chi connectivity index (χ2n) is 11.7. The molecule has 0 unspecified atom stereocenters. The number of para-hydroxylation sites is 1. The summed E-state index contributed by atoms with van der Waals surface area (Å²) < 4.78 is 6.23. The average molecular weight is 602 g/mol. The number of hydrogen-bond donors (Lipinski definition) is 0. The minimum absolute atomic E-state index is 0.600. The van der Waals surface area contributed by atoms with Crippen LogP contribution >= 0.6 is 0 Å². The van der Waals surface area contributed by atoms with E-state index >= 15 is 0 Å². The molecule has 7 aromatic carbocycles. The van der Waals surface area contributed by atoms with Gasteiger partial charge >= 0.3 is 0 Å². The maximum Gasteiger partial charge on any atom is 0.164 e. The minimum Gasteiger partial charge on any atom is -0.456 e. The third kappa shape index (κ3) is 4.93. The maximum atomic E-state index is 6.23. The molecule has 0 bridgehead atoms. The Hall–Kier alpha value is -6.39. The molecule has 0 N–H and O–H groups in total. The van der Waals surface area contributed by atoms with Crippen molar-refractivity contribution in [3.63, 3.8) is 0 Å². The predicted octanol–water partition coefficient (Wildman–Crippen LogP) is 11.3. The fourth-order valence-electron chi connectivity index (χ4n) is 6.39. The summed E-state index contributed by atoms with van der Waals surface area (Å²) in [5.74, 6) is 1.83. The van der Waals surface area contributed by atoms with Crippen LogP contribution in [0, 0.1) is 0 Å². The minimum atomic E-state index is 0.600. The molecule has 0 atom stereocenters. The molecule has 0 aliphatic rings. The van der Waals surface area contributed by atoms with E-state index in [2.05, 4.69) is 127 Å². The van der Waals surface area contributed by atoms with Crippen molar-refractivity contribution in [3.05, 3.63) is 164 Å². The van der Waals surface area contributed by atoms with Crippen molar-refractivity contribution in [3.8, 4) is 56.4 Å². The van der Waals surface area contributed by atoms with Gasteiger partial charge in [-0.3, -0.25) is 0 Å². The van der Waals surface area contributed by atoms with Crippen LogP contribution in [0.25, 0.3) is 89.1 Å².